The van der Waals surface area contributed by atoms with Gasteiger partial charge in [0.05, 0.1) is 22.7 Å². The highest BCUT2D eigenvalue weighted by Gasteiger charge is 2.15. The second kappa shape index (κ2) is 8.50. The number of benzene rings is 2. The zero-order valence-corrected chi connectivity index (χ0v) is 14.2. The van der Waals surface area contributed by atoms with E-state index in [0.717, 1.165) is 11.1 Å². The Morgan fingerprint density at radius 3 is 2.36 bits per heavy atom. The van der Waals surface area contributed by atoms with E-state index >= 15 is 0 Å². The van der Waals surface area contributed by atoms with Crippen LogP contribution in [0.5, 0.6) is 0 Å². The van der Waals surface area contributed by atoms with Crippen LogP contribution in [0.2, 0.25) is 5.02 Å². The lowest BCUT2D eigenvalue weighted by Crippen LogP contribution is -2.16. The Bertz CT molecular complexity index is 762. The van der Waals surface area contributed by atoms with Gasteiger partial charge in [-0.15, -0.1) is 0 Å². The number of hydrogen-bond acceptors (Lipinski definition) is 4. The topological polar surface area (TPSA) is 113 Å². The number of halogens is 1. The fourth-order valence-corrected chi connectivity index (χ4v) is 2.63. The molecule has 0 fully saturated rings. The van der Waals surface area contributed by atoms with Crippen molar-refractivity contribution in [3.05, 3.63) is 64.2 Å². The lowest BCUT2D eigenvalue weighted by Gasteiger charge is -2.16. The van der Waals surface area contributed by atoms with E-state index in [1.165, 1.54) is 12.1 Å². The Morgan fingerprint density at radius 2 is 1.80 bits per heavy atom. The van der Waals surface area contributed by atoms with E-state index in [1.54, 1.807) is 30.3 Å². The fraction of sp³-hybridized carbons (Fsp3) is 0.222. The molecule has 7 heteroatoms. The number of hydrogen-bond donors (Lipinski definition) is 4. The number of anilines is 1. The molecule has 1 atom stereocenters. The number of nitrogens with one attached hydrogen (secondary N) is 1. The van der Waals surface area contributed by atoms with Crippen LogP contribution in [-0.2, 0) is 11.3 Å². The van der Waals surface area contributed by atoms with Gasteiger partial charge in [-0.25, -0.2) is 4.79 Å². The first-order valence-electron chi connectivity index (χ1n) is 7.68. The molecule has 0 aromatic heterocycles. The molecule has 0 radical (unpaired) electrons. The monoisotopic (exact) mass is 362 g/mol. The van der Waals surface area contributed by atoms with Crippen molar-refractivity contribution in [3.63, 3.8) is 0 Å². The van der Waals surface area contributed by atoms with Crippen LogP contribution in [-0.4, -0.2) is 28.7 Å². The summed E-state index contributed by atoms with van der Waals surface area (Å²) in [6, 6.07) is 11.8. The van der Waals surface area contributed by atoms with Gasteiger partial charge >= 0.3 is 11.9 Å². The van der Waals surface area contributed by atoms with Crippen LogP contribution in [0.4, 0.5) is 5.69 Å². The van der Waals surface area contributed by atoms with E-state index in [0.29, 0.717) is 17.3 Å². The van der Waals surface area contributed by atoms with Crippen molar-refractivity contribution >= 4 is 29.2 Å². The van der Waals surface area contributed by atoms with Crippen LogP contribution in [0.3, 0.4) is 0 Å². The maximum atomic E-state index is 10.9. The van der Waals surface area contributed by atoms with Crippen LogP contribution < -0.4 is 11.1 Å². The van der Waals surface area contributed by atoms with Crippen LogP contribution in [0.15, 0.2) is 42.5 Å². The van der Waals surface area contributed by atoms with Crippen molar-refractivity contribution in [2.75, 3.05) is 11.9 Å². The third-order valence-corrected chi connectivity index (χ3v) is 4.18. The number of rotatable bonds is 8. The van der Waals surface area contributed by atoms with Gasteiger partial charge in [-0.3, -0.25) is 4.79 Å². The first-order valence-corrected chi connectivity index (χ1v) is 8.06. The van der Waals surface area contributed by atoms with Crippen LogP contribution in [0, 0.1) is 0 Å². The highest BCUT2D eigenvalue weighted by Crippen LogP contribution is 2.28. The highest BCUT2D eigenvalue weighted by molar-refractivity contribution is 6.33. The van der Waals surface area contributed by atoms with Gasteiger partial charge in [0.2, 0.25) is 0 Å². The quantitative estimate of drug-likeness (QED) is 0.573. The average Bonchev–Trinajstić information content (AvgIpc) is 2.59. The molecule has 5 N–H and O–H groups in total. The summed E-state index contributed by atoms with van der Waals surface area (Å²) in [5, 5.41) is 21.6. The molecule has 0 unspecified atom stereocenters. The summed E-state index contributed by atoms with van der Waals surface area (Å²) in [5.74, 6) is -2.16. The number of carboxylic acid groups (broad SMARTS) is 2. The van der Waals surface area contributed by atoms with Gasteiger partial charge in [0.1, 0.15) is 0 Å². The van der Waals surface area contributed by atoms with E-state index in [-0.39, 0.29) is 24.4 Å². The summed E-state index contributed by atoms with van der Waals surface area (Å²) >= 11 is 6.20. The molecule has 0 aliphatic rings. The molecule has 0 amide bonds. The van der Waals surface area contributed by atoms with E-state index in [2.05, 4.69) is 5.32 Å². The third kappa shape index (κ3) is 5.20. The molecular formula is C18H19ClN2O4. The SMILES string of the molecule is NC[C@H](CC(=O)O)c1ccc(Cl)c(NCc2ccc(C(=O)O)cc2)c1. The van der Waals surface area contributed by atoms with E-state index in [9.17, 15) is 9.59 Å². The highest BCUT2D eigenvalue weighted by atomic mass is 35.5. The van der Waals surface area contributed by atoms with Gasteiger partial charge in [0, 0.05) is 12.5 Å². The van der Waals surface area contributed by atoms with Crippen molar-refractivity contribution in [3.8, 4) is 0 Å². The molecule has 2 aromatic rings. The molecule has 0 saturated carbocycles. The molecule has 6 nitrogen and oxygen atoms in total. The Morgan fingerprint density at radius 1 is 1.12 bits per heavy atom. The minimum Gasteiger partial charge on any atom is -0.481 e. The molecule has 0 aliphatic heterocycles. The molecular weight excluding hydrogens is 344 g/mol. The number of nitrogens with two attached hydrogens (primary N) is 1. The van der Waals surface area contributed by atoms with Gasteiger partial charge in [0.15, 0.2) is 0 Å². The first-order chi connectivity index (χ1) is 11.9. The predicted octanol–water partition coefficient (Wildman–Crippen LogP) is 3.17. The Labute approximate surface area is 150 Å². The van der Waals surface area contributed by atoms with Crippen LogP contribution in [0.25, 0.3) is 0 Å². The lowest BCUT2D eigenvalue weighted by molar-refractivity contribution is -0.137. The molecule has 0 saturated heterocycles. The second-order valence-electron chi connectivity index (χ2n) is 5.63. The summed E-state index contributed by atoms with van der Waals surface area (Å²) in [6.45, 7) is 0.680. The standard InChI is InChI=1S/C18H19ClN2O4/c19-15-6-5-13(14(9-20)8-17(22)23)7-16(15)21-10-11-1-3-12(4-2-11)18(24)25/h1-7,14,21H,8-10,20H2,(H,22,23)(H,24,25)/t14-/m0/s1. The minimum atomic E-state index is -0.971. The summed E-state index contributed by atoms with van der Waals surface area (Å²) in [4.78, 5) is 21.8. The second-order valence-corrected chi connectivity index (χ2v) is 6.03. The molecule has 0 heterocycles. The fourth-order valence-electron chi connectivity index (χ4n) is 2.44. The van der Waals surface area contributed by atoms with Crippen LogP contribution >= 0.6 is 11.6 Å². The van der Waals surface area contributed by atoms with Crippen molar-refractivity contribution in [2.24, 2.45) is 5.73 Å². The first kappa shape index (κ1) is 18.8. The van der Waals surface area contributed by atoms with Gasteiger partial charge in [-0.1, -0.05) is 29.8 Å². The smallest absolute Gasteiger partial charge is 0.335 e. The average molecular weight is 363 g/mol. The van der Waals surface area contributed by atoms with Crippen molar-refractivity contribution in [1.82, 2.24) is 0 Å². The largest absolute Gasteiger partial charge is 0.481 e. The molecule has 132 valence electrons. The van der Waals surface area contributed by atoms with E-state index in [4.69, 9.17) is 27.5 Å². The molecule has 0 bridgehead atoms. The van der Waals surface area contributed by atoms with Gasteiger partial charge in [-0.2, -0.15) is 0 Å². The van der Waals surface area contributed by atoms with E-state index in [1.807, 2.05) is 0 Å². The Kier molecular flexibility index (Phi) is 6.38. The third-order valence-electron chi connectivity index (χ3n) is 3.85. The van der Waals surface area contributed by atoms with Crippen molar-refractivity contribution in [2.45, 2.75) is 18.9 Å². The zero-order chi connectivity index (χ0) is 18.4. The maximum Gasteiger partial charge on any atom is 0.335 e. The zero-order valence-electron chi connectivity index (χ0n) is 13.4. The summed E-state index contributed by atoms with van der Waals surface area (Å²) in [5.41, 5.74) is 8.28. The molecule has 25 heavy (non-hydrogen) atoms. The number of aromatic carboxylic acids is 1. The van der Waals surface area contributed by atoms with Gasteiger partial charge < -0.3 is 21.3 Å². The van der Waals surface area contributed by atoms with Crippen molar-refractivity contribution < 1.29 is 19.8 Å². The summed E-state index contributed by atoms with van der Waals surface area (Å²) < 4.78 is 0. The molecule has 0 spiro atoms. The number of carboxylic acids is 2. The predicted molar refractivity (Wildman–Crippen MR) is 96.2 cm³/mol. The summed E-state index contributed by atoms with van der Waals surface area (Å²) in [7, 11) is 0. The summed E-state index contributed by atoms with van der Waals surface area (Å²) in [6.07, 6.45) is -0.0474. The number of carbonyl (C=O) groups is 2. The number of aliphatic carboxylic acids is 1. The Balaban J connectivity index is 2.12. The molecule has 0 aliphatic carbocycles. The van der Waals surface area contributed by atoms with E-state index < -0.39 is 11.9 Å². The normalized spacial score (nSPS) is 11.8. The lowest BCUT2D eigenvalue weighted by atomic mass is 9.95. The van der Waals surface area contributed by atoms with Gasteiger partial charge in [-0.05, 0) is 41.9 Å². The maximum absolute atomic E-state index is 10.9. The Hall–Kier alpha value is -2.57. The van der Waals surface area contributed by atoms with Crippen molar-refractivity contribution in [1.29, 1.82) is 0 Å². The van der Waals surface area contributed by atoms with Gasteiger partial charge in [0.25, 0.3) is 0 Å². The van der Waals surface area contributed by atoms with Crippen LogP contribution in [0.1, 0.15) is 33.8 Å². The molecule has 2 aromatic carbocycles. The molecule has 2 rings (SSSR count). The minimum absolute atomic E-state index is 0.0474.